The minimum Gasteiger partial charge on any atom is -0.381 e. The molecule has 0 atom stereocenters. The van der Waals surface area contributed by atoms with Gasteiger partial charge in [0.1, 0.15) is 0 Å². The van der Waals surface area contributed by atoms with Crippen LogP contribution in [0.1, 0.15) is 58.2 Å². The lowest BCUT2D eigenvalue weighted by Gasteiger charge is -2.19. The van der Waals surface area contributed by atoms with E-state index in [0.717, 1.165) is 13.0 Å². The second-order valence-corrected chi connectivity index (χ2v) is 6.35. The van der Waals surface area contributed by atoms with E-state index in [1.54, 1.807) is 0 Å². The van der Waals surface area contributed by atoms with Crippen LogP contribution in [0.2, 0.25) is 0 Å². The molecule has 0 aliphatic rings. The normalized spacial score (nSPS) is 10.6. The van der Waals surface area contributed by atoms with Gasteiger partial charge in [-0.25, -0.2) is 0 Å². The minimum absolute atomic E-state index is 0.217. The maximum Gasteiger partial charge on any atom is 0.0400 e. The zero-order valence-electron chi connectivity index (χ0n) is 15.0. The molecule has 0 unspecified atom stereocenters. The summed E-state index contributed by atoms with van der Waals surface area (Å²) in [6.07, 6.45) is 1.10. The van der Waals surface area contributed by atoms with E-state index in [9.17, 15) is 0 Å². The Morgan fingerprint density at radius 3 is 1.73 bits per heavy atom. The van der Waals surface area contributed by atoms with E-state index in [0.29, 0.717) is 0 Å². The van der Waals surface area contributed by atoms with Crippen molar-refractivity contribution in [2.75, 3.05) is 5.32 Å². The summed E-state index contributed by atoms with van der Waals surface area (Å²) in [6, 6.07) is 17.6. The van der Waals surface area contributed by atoms with E-state index in [4.69, 9.17) is 0 Å². The summed E-state index contributed by atoms with van der Waals surface area (Å²) in [4.78, 5) is 0. The lowest BCUT2D eigenvalue weighted by molar-refractivity contribution is 0.590. The molecule has 0 aliphatic carbocycles. The molecule has 1 N–H and O–H groups in total. The number of aryl methyl sites for hydroxylation is 1. The highest BCUT2D eigenvalue weighted by Crippen LogP contribution is 2.23. The third-order valence-corrected chi connectivity index (χ3v) is 3.68. The second-order valence-electron chi connectivity index (χ2n) is 6.35. The van der Waals surface area contributed by atoms with Gasteiger partial charge in [0, 0.05) is 12.2 Å². The summed E-state index contributed by atoms with van der Waals surface area (Å²) < 4.78 is 0. The van der Waals surface area contributed by atoms with Gasteiger partial charge in [0.15, 0.2) is 0 Å². The molecule has 0 amide bonds. The minimum atomic E-state index is 0.217. The summed E-state index contributed by atoms with van der Waals surface area (Å²) in [7, 11) is 0. The highest BCUT2D eigenvalue weighted by atomic mass is 14.9. The van der Waals surface area contributed by atoms with Gasteiger partial charge in [-0.1, -0.05) is 77.9 Å². The van der Waals surface area contributed by atoms with Crippen LogP contribution in [-0.4, -0.2) is 0 Å². The third kappa shape index (κ3) is 5.55. The molecule has 22 heavy (non-hydrogen) atoms. The average molecular weight is 297 g/mol. The highest BCUT2D eigenvalue weighted by molar-refractivity contribution is 5.46. The molecule has 120 valence electrons. The monoisotopic (exact) mass is 297 g/mol. The molecule has 0 radical (unpaired) electrons. The molecule has 0 aromatic heterocycles. The Kier molecular flexibility index (Phi) is 7.17. The SMILES string of the molecule is CC.CCc1ccc(CNc2ccc(C(C)(C)C)cc2)cc1. The van der Waals surface area contributed by atoms with Gasteiger partial charge in [-0.3, -0.25) is 0 Å². The van der Waals surface area contributed by atoms with Gasteiger partial charge in [0.25, 0.3) is 0 Å². The maximum atomic E-state index is 3.48. The van der Waals surface area contributed by atoms with Crippen molar-refractivity contribution in [3.8, 4) is 0 Å². The predicted molar refractivity (Wildman–Crippen MR) is 99.6 cm³/mol. The average Bonchev–Trinajstić information content (AvgIpc) is 2.55. The Morgan fingerprint density at radius 2 is 1.27 bits per heavy atom. The Balaban J connectivity index is 0.00000116. The van der Waals surface area contributed by atoms with E-state index < -0.39 is 0 Å². The summed E-state index contributed by atoms with van der Waals surface area (Å²) in [6.45, 7) is 13.8. The van der Waals surface area contributed by atoms with Crippen molar-refractivity contribution < 1.29 is 0 Å². The zero-order valence-corrected chi connectivity index (χ0v) is 15.0. The zero-order chi connectivity index (χ0) is 16.6. The Labute approximate surface area is 136 Å². The van der Waals surface area contributed by atoms with E-state index in [1.165, 1.54) is 22.4 Å². The van der Waals surface area contributed by atoms with Crippen molar-refractivity contribution in [1.82, 2.24) is 0 Å². The fourth-order valence-electron chi connectivity index (χ4n) is 2.19. The van der Waals surface area contributed by atoms with Gasteiger partial charge in [0.05, 0.1) is 0 Å². The number of nitrogens with one attached hydrogen (secondary N) is 1. The summed E-state index contributed by atoms with van der Waals surface area (Å²) >= 11 is 0. The summed E-state index contributed by atoms with van der Waals surface area (Å²) in [5.74, 6) is 0. The summed E-state index contributed by atoms with van der Waals surface area (Å²) in [5, 5.41) is 3.48. The fraction of sp³-hybridized carbons (Fsp3) is 0.429. The molecular formula is C21H31N. The van der Waals surface area contributed by atoms with Crippen LogP contribution in [0.25, 0.3) is 0 Å². The smallest absolute Gasteiger partial charge is 0.0400 e. The van der Waals surface area contributed by atoms with Crippen molar-refractivity contribution in [3.63, 3.8) is 0 Å². The molecular weight excluding hydrogens is 266 g/mol. The first-order valence-electron chi connectivity index (χ1n) is 8.41. The topological polar surface area (TPSA) is 12.0 Å². The molecule has 0 aliphatic heterocycles. The Bertz CT molecular complexity index is 530. The number of hydrogen-bond acceptors (Lipinski definition) is 1. The van der Waals surface area contributed by atoms with Gasteiger partial charge in [0.2, 0.25) is 0 Å². The first kappa shape index (κ1) is 18.3. The molecule has 0 saturated heterocycles. The highest BCUT2D eigenvalue weighted by Gasteiger charge is 2.12. The van der Waals surface area contributed by atoms with Crippen molar-refractivity contribution in [2.45, 2.75) is 59.9 Å². The van der Waals surface area contributed by atoms with Crippen molar-refractivity contribution in [1.29, 1.82) is 0 Å². The largest absolute Gasteiger partial charge is 0.381 e. The third-order valence-electron chi connectivity index (χ3n) is 3.68. The Hall–Kier alpha value is -1.76. The molecule has 2 rings (SSSR count). The second kappa shape index (κ2) is 8.63. The quantitative estimate of drug-likeness (QED) is 0.710. The van der Waals surface area contributed by atoms with Crippen molar-refractivity contribution >= 4 is 5.69 Å². The van der Waals surface area contributed by atoms with E-state index in [1.807, 2.05) is 13.8 Å². The van der Waals surface area contributed by atoms with Crippen LogP contribution in [-0.2, 0) is 18.4 Å². The number of anilines is 1. The molecule has 0 saturated carbocycles. The molecule has 0 fully saturated rings. The fourth-order valence-corrected chi connectivity index (χ4v) is 2.19. The molecule has 0 spiro atoms. The lowest BCUT2D eigenvalue weighted by atomic mass is 9.87. The van der Waals surface area contributed by atoms with Gasteiger partial charge < -0.3 is 5.32 Å². The van der Waals surface area contributed by atoms with Crippen LogP contribution in [0.15, 0.2) is 48.5 Å². The van der Waals surface area contributed by atoms with Gasteiger partial charge in [-0.05, 0) is 40.7 Å². The summed E-state index contributed by atoms with van der Waals surface area (Å²) in [5.41, 5.74) is 5.48. The number of rotatable bonds is 4. The molecule has 1 nitrogen and oxygen atoms in total. The van der Waals surface area contributed by atoms with Crippen LogP contribution in [0.4, 0.5) is 5.69 Å². The van der Waals surface area contributed by atoms with E-state index >= 15 is 0 Å². The molecule has 2 aromatic rings. The predicted octanol–water partition coefficient (Wildman–Crippen LogP) is 6.18. The van der Waals surface area contributed by atoms with Crippen LogP contribution in [0.5, 0.6) is 0 Å². The molecule has 2 aromatic carbocycles. The van der Waals surface area contributed by atoms with Crippen molar-refractivity contribution in [2.24, 2.45) is 0 Å². The first-order chi connectivity index (χ1) is 10.5. The molecule has 0 heterocycles. The Morgan fingerprint density at radius 1 is 0.773 bits per heavy atom. The van der Waals surface area contributed by atoms with Crippen LogP contribution < -0.4 is 5.32 Å². The van der Waals surface area contributed by atoms with Crippen LogP contribution >= 0.6 is 0 Å². The van der Waals surface area contributed by atoms with E-state index in [2.05, 4.69) is 81.5 Å². The van der Waals surface area contributed by atoms with E-state index in [-0.39, 0.29) is 5.41 Å². The van der Waals surface area contributed by atoms with Gasteiger partial charge in [-0.15, -0.1) is 0 Å². The first-order valence-corrected chi connectivity index (χ1v) is 8.41. The maximum absolute atomic E-state index is 3.48. The molecule has 0 bridgehead atoms. The standard InChI is InChI=1S/C19H25N.C2H6/c1-5-15-6-8-16(9-7-15)14-20-18-12-10-17(11-13-18)19(2,3)4;1-2/h6-13,20H,5,14H2,1-4H3;1-2H3. The van der Waals surface area contributed by atoms with Crippen LogP contribution in [0.3, 0.4) is 0 Å². The number of benzene rings is 2. The molecule has 1 heteroatoms. The van der Waals surface area contributed by atoms with Crippen molar-refractivity contribution in [3.05, 3.63) is 65.2 Å². The number of hydrogen-bond donors (Lipinski definition) is 1. The van der Waals surface area contributed by atoms with Gasteiger partial charge >= 0.3 is 0 Å². The lowest BCUT2D eigenvalue weighted by Crippen LogP contribution is -2.10. The van der Waals surface area contributed by atoms with Gasteiger partial charge in [-0.2, -0.15) is 0 Å². The van der Waals surface area contributed by atoms with Crippen LogP contribution in [0, 0.1) is 0 Å².